The van der Waals surface area contributed by atoms with Gasteiger partial charge in [-0.05, 0) is 6.42 Å². The van der Waals surface area contributed by atoms with Crippen molar-refractivity contribution in [2.24, 2.45) is 0 Å². The second kappa shape index (κ2) is 5.41. The molecule has 0 aliphatic rings. The van der Waals surface area contributed by atoms with E-state index >= 15 is 0 Å². The van der Waals surface area contributed by atoms with Crippen molar-refractivity contribution < 1.29 is 14.2 Å². The van der Waals surface area contributed by atoms with Gasteiger partial charge in [-0.25, -0.2) is 4.39 Å². The van der Waals surface area contributed by atoms with Gasteiger partial charge in [0, 0.05) is 25.3 Å². The summed E-state index contributed by atoms with van der Waals surface area (Å²) in [4.78, 5) is 0. The Hall–Kier alpha value is -1.49. The third-order valence-corrected chi connectivity index (χ3v) is 1.97. The molecule has 0 unspecified atom stereocenters. The van der Waals surface area contributed by atoms with Gasteiger partial charge in [-0.15, -0.1) is 0 Å². The summed E-state index contributed by atoms with van der Waals surface area (Å²) < 4.78 is 18.0. The average molecular weight is 214 g/mol. The van der Waals surface area contributed by atoms with Crippen LogP contribution in [-0.4, -0.2) is 25.4 Å². The molecule has 5 heteroatoms. The Kier molecular flexibility index (Phi) is 4.17. The molecule has 0 aliphatic heterocycles. The van der Waals surface area contributed by atoms with Gasteiger partial charge in [-0.1, -0.05) is 0 Å². The second-order valence-electron chi connectivity index (χ2n) is 3.08. The van der Waals surface area contributed by atoms with E-state index in [1.54, 1.807) is 0 Å². The molecule has 0 heterocycles. The van der Waals surface area contributed by atoms with E-state index < -0.39 is 5.82 Å². The van der Waals surface area contributed by atoms with Gasteiger partial charge in [0.1, 0.15) is 0 Å². The molecule has 1 aromatic rings. The molecule has 0 saturated heterocycles. The first-order chi connectivity index (χ1) is 7.19. The lowest BCUT2D eigenvalue weighted by atomic mass is 10.2. The van der Waals surface area contributed by atoms with Crippen molar-refractivity contribution in [3.63, 3.8) is 0 Å². The number of methoxy groups -OCH3 is 1. The topological polar surface area (TPSA) is 67.5 Å². The van der Waals surface area contributed by atoms with E-state index in [9.17, 15) is 4.39 Å². The minimum Gasteiger partial charge on any atom is -0.494 e. The molecule has 0 saturated carbocycles. The van der Waals surface area contributed by atoms with Gasteiger partial charge in [0.25, 0.3) is 0 Å². The number of hydrogen-bond donors (Lipinski definition) is 3. The number of nitrogens with two attached hydrogens (primary N) is 1. The summed E-state index contributed by atoms with van der Waals surface area (Å²) in [5.74, 6) is -0.335. The Morgan fingerprint density at radius 2 is 2.27 bits per heavy atom. The first kappa shape index (κ1) is 11.6. The van der Waals surface area contributed by atoms with Crippen molar-refractivity contribution in [2.45, 2.75) is 6.42 Å². The number of hydrogen-bond acceptors (Lipinski definition) is 4. The van der Waals surface area contributed by atoms with E-state index in [2.05, 4.69) is 5.32 Å². The summed E-state index contributed by atoms with van der Waals surface area (Å²) in [6.07, 6.45) is 0.610. The minimum atomic E-state index is -0.484. The normalized spacial score (nSPS) is 10.1. The number of benzene rings is 1. The number of aliphatic hydroxyl groups is 1. The Bertz CT molecular complexity index is 331. The van der Waals surface area contributed by atoms with Crippen LogP contribution in [0.1, 0.15) is 6.42 Å². The number of nitrogens with one attached hydrogen (secondary N) is 1. The molecule has 0 aromatic heterocycles. The fraction of sp³-hybridized carbons (Fsp3) is 0.400. The van der Waals surface area contributed by atoms with Crippen molar-refractivity contribution >= 4 is 11.4 Å². The van der Waals surface area contributed by atoms with Crippen LogP contribution in [0.3, 0.4) is 0 Å². The van der Waals surface area contributed by atoms with Crippen LogP contribution < -0.4 is 15.8 Å². The van der Waals surface area contributed by atoms with Gasteiger partial charge < -0.3 is 20.9 Å². The lowest BCUT2D eigenvalue weighted by molar-refractivity contribution is 0.292. The van der Waals surface area contributed by atoms with Crippen molar-refractivity contribution in [1.82, 2.24) is 0 Å². The van der Waals surface area contributed by atoms with Gasteiger partial charge in [0.05, 0.1) is 18.5 Å². The van der Waals surface area contributed by atoms with Gasteiger partial charge in [-0.2, -0.15) is 0 Å². The molecule has 4 N–H and O–H groups in total. The fourth-order valence-corrected chi connectivity index (χ4v) is 1.18. The van der Waals surface area contributed by atoms with Gasteiger partial charge >= 0.3 is 0 Å². The van der Waals surface area contributed by atoms with Crippen LogP contribution in [0.5, 0.6) is 5.75 Å². The highest BCUT2D eigenvalue weighted by atomic mass is 19.1. The summed E-state index contributed by atoms with van der Waals surface area (Å²) in [7, 11) is 1.39. The van der Waals surface area contributed by atoms with Gasteiger partial charge in [0.15, 0.2) is 11.6 Å². The molecule has 0 bridgehead atoms. The summed E-state index contributed by atoms with van der Waals surface area (Å²) in [6.45, 7) is 0.681. The molecule has 0 aliphatic carbocycles. The van der Waals surface area contributed by atoms with Crippen molar-refractivity contribution in [3.05, 3.63) is 17.9 Å². The Balaban J connectivity index is 2.78. The van der Waals surface area contributed by atoms with E-state index in [0.29, 0.717) is 24.3 Å². The molecule has 0 amide bonds. The summed E-state index contributed by atoms with van der Waals surface area (Å²) in [5.41, 5.74) is 6.54. The van der Waals surface area contributed by atoms with Crippen molar-refractivity contribution in [2.75, 3.05) is 31.3 Å². The van der Waals surface area contributed by atoms with E-state index in [0.717, 1.165) is 0 Å². The molecule has 0 spiro atoms. The molecule has 0 fully saturated rings. The standard InChI is InChI=1S/C10H15FN2O2/c1-15-10-6-9(13-3-2-4-14)8(12)5-7(10)11/h5-6,13-14H,2-4,12H2,1H3. The highest BCUT2D eigenvalue weighted by Crippen LogP contribution is 2.27. The zero-order chi connectivity index (χ0) is 11.3. The predicted octanol–water partition coefficient (Wildman–Crippen LogP) is 1.21. The summed E-state index contributed by atoms with van der Waals surface area (Å²) in [6, 6.07) is 2.71. The predicted molar refractivity (Wildman–Crippen MR) is 57.6 cm³/mol. The van der Waals surface area contributed by atoms with Gasteiger partial charge in [-0.3, -0.25) is 0 Å². The lowest BCUT2D eigenvalue weighted by Crippen LogP contribution is -2.06. The molecule has 84 valence electrons. The maximum atomic E-state index is 13.1. The van der Waals surface area contributed by atoms with Crippen LogP contribution in [0.15, 0.2) is 12.1 Å². The third-order valence-electron chi connectivity index (χ3n) is 1.97. The van der Waals surface area contributed by atoms with Crippen molar-refractivity contribution in [3.8, 4) is 5.75 Å². The maximum absolute atomic E-state index is 13.1. The monoisotopic (exact) mass is 214 g/mol. The first-order valence-corrected chi connectivity index (χ1v) is 4.66. The first-order valence-electron chi connectivity index (χ1n) is 4.66. The molecule has 4 nitrogen and oxygen atoms in total. The van der Waals surface area contributed by atoms with E-state index in [4.69, 9.17) is 15.6 Å². The molecule has 15 heavy (non-hydrogen) atoms. The smallest absolute Gasteiger partial charge is 0.167 e. The van der Waals surface area contributed by atoms with Crippen LogP contribution in [0.4, 0.5) is 15.8 Å². The zero-order valence-electron chi connectivity index (χ0n) is 8.59. The Morgan fingerprint density at radius 3 is 2.87 bits per heavy atom. The Labute approximate surface area is 87.9 Å². The highest BCUT2D eigenvalue weighted by Gasteiger charge is 2.07. The number of rotatable bonds is 5. The summed E-state index contributed by atoms with van der Waals surface area (Å²) >= 11 is 0. The number of anilines is 2. The van der Waals surface area contributed by atoms with Crippen LogP contribution in [0.2, 0.25) is 0 Å². The van der Waals surface area contributed by atoms with Crippen LogP contribution in [0.25, 0.3) is 0 Å². The minimum absolute atomic E-state index is 0.102. The quantitative estimate of drug-likeness (QED) is 0.509. The van der Waals surface area contributed by atoms with E-state index in [-0.39, 0.29) is 12.4 Å². The van der Waals surface area contributed by atoms with Gasteiger partial charge in [0.2, 0.25) is 0 Å². The summed E-state index contributed by atoms with van der Waals surface area (Å²) in [5, 5.41) is 11.6. The second-order valence-corrected chi connectivity index (χ2v) is 3.08. The zero-order valence-corrected chi connectivity index (χ0v) is 8.59. The lowest BCUT2D eigenvalue weighted by Gasteiger charge is -2.11. The largest absolute Gasteiger partial charge is 0.494 e. The van der Waals surface area contributed by atoms with E-state index in [1.165, 1.54) is 19.2 Å². The third kappa shape index (κ3) is 2.99. The fourth-order valence-electron chi connectivity index (χ4n) is 1.18. The SMILES string of the molecule is COc1cc(NCCCO)c(N)cc1F. The van der Waals surface area contributed by atoms with E-state index in [1.807, 2.05) is 0 Å². The van der Waals surface area contributed by atoms with Crippen LogP contribution in [-0.2, 0) is 0 Å². The van der Waals surface area contributed by atoms with Crippen LogP contribution in [0, 0.1) is 5.82 Å². The molecule has 1 aromatic carbocycles. The average Bonchev–Trinajstić information content (AvgIpc) is 2.21. The molecular weight excluding hydrogens is 199 g/mol. The highest BCUT2D eigenvalue weighted by molar-refractivity contribution is 5.68. The molecular formula is C10H15FN2O2. The number of halogens is 1. The molecule has 0 atom stereocenters. The molecule has 1 rings (SSSR count). The van der Waals surface area contributed by atoms with Crippen molar-refractivity contribution in [1.29, 1.82) is 0 Å². The number of nitrogen functional groups attached to an aromatic ring is 1. The maximum Gasteiger partial charge on any atom is 0.167 e. The Morgan fingerprint density at radius 1 is 1.53 bits per heavy atom. The molecule has 0 radical (unpaired) electrons. The number of ether oxygens (including phenoxy) is 1. The number of aliphatic hydroxyl groups excluding tert-OH is 1. The van der Waals surface area contributed by atoms with Crippen LogP contribution >= 0.6 is 0 Å².